The van der Waals surface area contributed by atoms with Crippen molar-refractivity contribution < 1.29 is 18.7 Å². The lowest BCUT2D eigenvalue weighted by Crippen LogP contribution is -2.65. The summed E-state index contributed by atoms with van der Waals surface area (Å²) in [7, 11) is 0. The highest BCUT2D eigenvalue weighted by atomic mass is 19.1. The molecule has 3 aromatic rings. The van der Waals surface area contributed by atoms with E-state index in [0.717, 1.165) is 12.1 Å². The van der Waals surface area contributed by atoms with Crippen LogP contribution in [0.5, 0.6) is 11.5 Å². The van der Waals surface area contributed by atoms with E-state index in [1.807, 2.05) is 24.0 Å². The Morgan fingerprint density at radius 1 is 1.03 bits per heavy atom. The number of benzene rings is 3. The van der Waals surface area contributed by atoms with Crippen LogP contribution in [0.2, 0.25) is 0 Å². The molecule has 3 aromatic carbocycles. The van der Waals surface area contributed by atoms with Crippen LogP contribution in [-0.4, -0.2) is 34.3 Å². The van der Waals surface area contributed by atoms with Gasteiger partial charge in [0.05, 0.1) is 12.1 Å². The Balaban J connectivity index is 1.18. The van der Waals surface area contributed by atoms with Gasteiger partial charge in [-0.3, -0.25) is 9.59 Å². The Morgan fingerprint density at radius 3 is 2.42 bits per heavy atom. The third-order valence-corrected chi connectivity index (χ3v) is 8.15. The van der Waals surface area contributed by atoms with E-state index in [-0.39, 0.29) is 35.1 Å². The van der Waals surface area contributed by atoms with Crippen molar-refractivity contribution in [1.82, 2.24) is 4.90 Å². The lowest BCUT2D eigenvalue weighted by atomic mass is 9.70. The monoisotopic (exact) mass is 485 g/mol. The van der Waals surface area contributed by atoms with E-state index in [9.17, 15) is 14.0 Å². The van der Waals surface area contributed by atoms with Crippen LogP contribution in [0.15, 0.2) is 72.8 Å². The molecule has 0 aromatic heterocycles. The van der Waals surface area contributed by atoms with Gasteiger partial charge in [0.25, 0.3) is 0 Å². The van der Waals surface area contributed by atoms with Crippen molar-refractivity contribution in [3.8, 4) is 11.5 Å². The summed E-state index contributed by atoms with van der Waals surface area (Å²) in [5.41, 5.74) is 1.68. The first-order chi connectivity index (χ1) is 17.3. The Morgan fingerprint density at radius 2 is 1.69 bits per heavy atom. The first-order valence-electron chi connectivity index (χ1n) is 12.3. The van der Waals surface area contributed by atoms with E-state index in [2.05, 4.69) is 29.7 Å². The quantitative estimate of drug-likeness (QED) is 0.515. The fourth-order valence-electron chi connectivity index (χ4n) is 6.28. The normalized spacial score (nSPS) is 28.1. The van der Waals surface area contributed by atoms with Gasteiger partial charge in [-0.2, -0.15) is 0 Å². The van der Waals surface area contributed by atoms with Gasteiger partial charge in [-0.15, -0.1) is 0 Å². The molecule has 0 saturated carbocycles. The highest BCUT2D eigenvalue weighted by Crippen LogP contribution is 2.53. The van der Waals surface area contributed by atoms with Crippen LogP contribution in [0.4, 0.5) is 15.8 Å². The maximum Gasteiger partial charge on any atom is 0.250 e. The second-order valence-corrected chi connectivity index (χ2v) is 10.4. The minimum absolute atomic E-state index is 0.0236. The number of hydrogen-bond donors (Lipinski definition) is 2. The number of hydrogen-bond acceptors (Lipinski definition) is 4. The fourth-order valence-corrected chi connectivity index (χ4v) is 6.28. The van der Waals surface area contributed by atoms with Gasteiger partial charge in [0.2, 0.25) is 11.8 Å². The molecule has 3 aliphatic rings. The molecule has 0 radical (unpaired) electrons. The Labute approximate surface area is 209 Å². The number of amides is 2. The number of rotatable bonds is 4. The molecule has 0 aliphatic carbocycles. The van der Waals surface area contributed by atoms with Gasteiger partial charge in [-0.25, -0.2) is 4.39 Å². The molecule has 7 heteroatoms. The Hall–Kier alpha value is -3.87. The van der Waals surface area contributed by atoms with Crippen molar-refractivity contribution >= 4 is 23.2 Å². The number of nitrogens with zero attached hydrogens (tertiary/aromatic N) is 1. The SMILES string of the molecule is CC12CC(=O)N3C(CCC3(C)C(=O)Nc3ccc(Oc4ccc(F)cc4)cc3)C1Nc1ccccc12. The summed E-state index contributed by atoms with van der Waals surface area (Å²) < 4.78 is 18.8. The smallest absolute Gasteiger partial charge is 0.250 e. The molecule has 0 spiro atoms. The third-order valence-electron chi connectivity index (χ3n) is 8.15. The lowest BCUT2D eigenvalue weighted by molar-refractivity contribution is -0.149. The molecule has 6 nitrogen and oxygen atoms in total. The maximum absolute atomic E-state index is 13.5. The molecule has 2 fully saturated rings. The molecule has 4 unspecified atom stereocenters. The lowest BCUT2D eigenvalue weighted by Gasteiger charge is -2.48. The van der Waals surface area contributed by atoms with Gasteiger partial charge in [0.1, 0.15) is 22.9 Å². The number of nitrogens with one attached hydrogen (secondary N) is 2. The van der Waals surface area contributed by atoms with E-state index >= 15 is 0 Å². The van der Waals surface area contributed by atoms with Gasteiger partial charge in [0, 0.05) is 23.2 Å². The summed E-state index contributed by atoms with van der Waals surface area (Å²) in [6.07, 6.45) is 1.74. The predicted octanol–water partition coefficient (Wildman–Crippen LogP) is 5.46. The minimum Gasteiger partial charge on any atom is -0.457 e. The van der Waals surface area contributed by atoms with E-state index < -0.39 is 5.54 Å². The molecule has 3 aliphatic heterocycles. The highest BCUT2D eigenvalue weighted by Gasteiger charge is 2.61. The number of piperidine rings is 1. The molecule has 3 heterocycles. The molecule has 0 bridgehead atoms. The maximum atomic E-state index is 13.5. The average molecular weight is 486 g/mol. The van der Waals surface area contributed by atoms with Gasteiger partial charge < -0.3 is 20.3 Å². The van der Waals surface area contributed by atoms with Gasteiger partial charge in [-0.1, -0.05) is 25.1 Å². The predicted molar refractivity (Wildman–Crippen MR) is 136 cm³/mol. The first kappa shape index (κ1) is 22.6. The number of carbonyl (C=O) groups is 2. The van der Waals surface area contributed by atoms with Crippen molar-refractivity contribution in [1.29, 1.82) is 0 Å². The van der Waals surface area contributed by atoms with Crippen LogP contribution in [-0.2, 0) is 15.0 Å². The van der Waals surface area contributed by atoms with Crippen LogP contribution in [0.1, 0.15) is 38.7 Å². The van der Waals surface area contributed by atoms with E-state index in [4.69, 9.17) is 4.74 Å². The van der Waals surface area contributed by atoms with Crippen LogP contribution in [0, 0.1) is 5.82 Å². The number of fused-ring (bicyclic) bond motifs is 5. The van der Waals surface area contributed by atoms with Crippen LogP contribution in [0.3, 0.4) is 0 Å². The van der Waals surface area contributed by atoms with Crippen molar-refractivity contribution in [2.24, 2.45) is 0 Å². The number of ether oxygens (including phenoxy) is 1. The summed E-state index contributed by atoms with van der Waals surface area (Å²) in [5, 5.41) is 6.67. The molecule has 4 atom stereocenters. The Bertz CT molecular complexity index is 1340. The zero-order chi connectivity index (χ0) is 25.1. The Kier molecular flexibility index (Phi) is 5.07. The molecule has 2 amide bonds. The van der Waals surface area contributed by atoms with E-state index in [1.165, 1.54) is 17.7 Å². The average Bonchev–Trinajstić information content (AvgIpc) is 3.38. The second-order valence-electron chi connectivity index (χ2n) is 10.4. The molecular formula is C29H28FN3O3. The summed E-state index contributed by atoms with van der Waals surface area (Å²) in [4.78, 5) is 28.9. The molecule has 184 valence electrons. The summed E-state index contributed by atoms with van der Waals surface area (Å²) >= 11 is 0. The van der Waals surface area contributed by atoms with Crippen LogP contribution in [0.25, 0.3) is 0 Å². The van der Waals surface area contributed by atoms with E-state index in [1.54, 1.807) is 36.4 Å². The molecule has 36 heavy (non-hydrogen) atoms. The van der Waals surface area contributed by atoms with Crippen molar-refractivity contribution in [3.63, 3.8) is 0 Å². The van der Waals surface area contributed by atoms with E-state index in [0.29, 0.717) is 30.0 Å². The van der Waals surface area contributed by atoms with Crippen LogP contribution >= 0.6 is 0 Å². The first-order valence-corrected chi connectivity index (χ1v) is 12.3. The number of para-hydroxylation sites is 1. The molecular weight excluding hydrogens is 457 g/mol. The highest BCUT2D eigenvalue weighted by molar-refractivity contribution is 6.01. The third kappa shape index (κ3) is 3.45. The molecule has 2 saturated heterocycles. The zero-order valence-corrected chi connectivity index (χ0v) is 20.3. The zero-order valence-electron chi connectivity index (χ0n) is 20.3. The van der Waals surface area contributed by atoms with Crippen LogP contribution < -0.4 is 15.4 Å². The van der Waals surface area contributed by atoms with Gasteiger partial charge in [-0.05, 0) is 79.9 Å². The number of halogens is 1. The van der Waals surface area contributed by atoms with Crippen molar-refractivity contribution in [2.45, 2.75) is 56.1 Å². The van der Waals surface area contributed by atoms with Crippen molar-refractivity contribution in [3.05, 3.63) is 84.2 Å². The largest absolute Gasteiger partial charge is 0.457 e. The standard InChI is InChI=1S/C29H28FN3O3/c1-28-17-25(34)33-24(26(28)32-23-6-4-3-5-22(23)28)15-16-29(33,2)27(35)31-19-9-13-21(14-10-19)36-20-11-7-18(30)8-12-20/h3-14,24,26,32H,15-17H2,1-2H3,(H,31,35). The summed E-state index contributed by atoms with van der Waals surface area (Å²) in [6, 6.07) is 21.0. The molecule has 6 rings (SSSR count). The topological polar surface area (TPSA) is 70.7 Å². The molecule has 2 N–H and O–H groups in total. The second kappa shape index (κ2) is 8.08. The summed E-state index contributed by atoms with van der Waals surface area (Å²) in [6.45, 7) is 4.04. The summed E-state index contributed by atoms with van der Waals surface area (Å²) in [5.74, 6) is 0.605. The van der Waals surface area contributed by atoms with Gasteiger partial charge in [0.15, 0.2) is 0 Å². The fraction of sp³-hybridized carbons (Fsp3) is 0.310. The number of carbonyl (C=O) groups excluding carboxylic acids is 2. The minimum atomic E-state index is -0.928. The van der Waals surface area contributed by atoms with Crippen molar-refractivity contribution in [2.75, 3.05) is 10.6 Å². The number of anilines is 2. The van der Waals surface area contributed by atoms with Gasteiger partial charge >= 0.3 is 0 Å².